The maximum atomic E-state index is 5.74. The van der Waals surface area contributed by atoms with Gasteiger partial charge in [0.2, 0.25) is 0 Å². The van der Waals surface area contributed by atoms with Gasteiger partial charge in [0.15, 0.2) is 5.11 Å². The van der Waals surface area contributed by atoms with Crippen LogP contribution in [0.4, 0.5) is 5.69 Å². The summed E-state index contributed by atoms with van der Waals surface area (Å²) in [5.41, 5.74) is 3.55. The molecular weight excluding hydrogens is 310 g/mol. The monoisotopic (exact) mass is 329 g/mol. The van der Waals surface area contributed by atoms with Gasteiger partial charge >= 0.3 is 0 Å². The van der Waals surface area contributed by atoms with Gasteiger partial charge in [-0.25, -0.2) is 0 Å². The van der Waals surface area contributed by atoms with Crippen LogP contribution in [0.15, 0.2) is 45.9 Å². The molecule has 0 bridgehead atoms. The van der Waals surface area contributed by atoms with Crippen molar-refractivity contribution in [3.05, 3.63) is 47.9 Å². The van der Waals surface area contributed by atoms with Gasteiger partial charge in [-0.1, -0.05) is 19.1 Å². The fraction of sp³-hybridized carbons (Fsp3) is 0.294. The number of methoxy groups -OCH3 is 1. The normalized spacial score (nSPS) is 19.6. The fourth-order valence-electron chi connectivity index (χ4n) is 2.41. The molecule has 23 heavy (non-hydrogen) atoms. The molecule has 3 rings (SSSR count). The van der Waals surface area contributed by atoms with Crippen LogP contribution in [-0.4, -0.2) is 18.4 Å². The molecule has 2 atom stereocenters. The van der Waals surface area contributed by atoms with Crippen LogP contribution in [0.25, 0.3) is 0 Å². The minimum atomic E-state index is 0.383. The lowest BCUT2D eigenvalue weighted by atomic mass is 10.3. The highest BCUT2D eigenvalue weighted by Gasteiger charge is 2.36. The van der Waals surface area contributed by atoms with Gasteiger partial charge in [0.1, 0.15) is 17.3 Å². The Bertz CT molecular complexity index is 726. The largest absolute Gasteiger partial charge is 0.495 e. The molecule has 0 unspecified atom stereocenters. The summed E-state index contributed by atoms with van der Waals surface area (Å²) in [7, 11) is 1.62. The lowest BCUT2D eigenvalue weighted by Crippen LogP contribution is -2.24. The van der Waals surface area contributed by atoms with Crippen molar-refractivity contribution in [1.82, 2.24) is 5.43 Å². The van der Waals surface area contributed by atoms with Crippen LogP contribution in [0.5, 0.6) is 5.75 Å². The third kappa shape index (κ3) is 3.90. The molecule has 2 N–H and O–H groups in total. The number of para-hydroxylation sites is 2. The molecule has 1 heterocycles. The summed E-state index contributed by atoms with van der Waals surface area (Å²) in [6.07, 6.45) is 2.82. The van der Waals surface area contributed by atoms with Gasteiger partial charge in [0.05, 0.1) is 19.0 Å². The van der Waals surface area contributed by atoms with Crippen molar-refractivity contribution >= 4 is 29.2 Å². The van der Waals surface area contributed by atoms with E-state index in [1.807, 2.05) is 36.4 Å². The highest BCUT2D eigenvalue weighted by atomic mass is 32.1. The maximum Gasteiger partial charge on any atom is 0.191 e. The van der Waals surface area contributed by atoms with E-state index in [9.17, 15) is 0 Å². The number of furan rings is 1. The molecule has 0 spiro atoms. The number of hydrogen-bond acceptors (Lipinski definition) is 4. The van der Waals surface area contributed by atoms with Gasteiger partial charge in [-0.2, -0.15) is 5.10 Å². The van der Waals surface area contributed by atoms with Crippen molar-refractivity contribution in [2.45, 2.75) is 19.3 Å². The summed E-state index contributed by atoms with van der Waals surface area (Å²) in [6.45, 7) is 2.23. The number of benzene rings is 1. The first-order valence-electron chi connectivity index (χ1n) is 7.50. The fourth-order valence-corrected chi connectivity index (χ4v) is 2.57. The van der Waals surface area contributed by atoms with Gasteiger partial charge in [0.25, 0.3) is 0 Å². The molecule has 0 amide bonds. The number of hydrogen-bond donors (Lipinski definition) is 2. The summed E-state index contributed by atoms with van der Waals surface area (Å²) < 4.78 is 11.0. The van der Waals surface area contributed by atoms with Crippen LogP contribution >= 0.6 is 12.2 Å². The number of ether oxygens (including phenoxy) is 1. The van der Waals surface area contributed by atoms with Gasteiger partial charge in [0, 0.05) is 5.92 Å². The maximum absolute atomic E-state index is 5.74. The van der Waals surface area contributed by atoms with Crippen molar-refractivity contribution in [1.29, 1.82) is 0 Å². The minimum Gasteiger partial charge on any atom is -0.495 e. The molecular formula is C17H19N3O2S. The molecule has 0 radical (unpaired) electrons. The molecule has 1 aromatic heterocycles. The first-order valence-corrected chi connectivity index (χ1v) is 7.91. The lowest BCUT2D eigenvalue weighted by molar-refractivity contribution is 0.417. The van der Waals surface area contributed by atoms with Gasteiger partial charge in [-0.05, 0) is 48.8 Å². The summed E-state index contributed by atoms with van der Waals surface area (Å²) in [4.78, 5) is 0. The zero-order valence-corrected chi connectivity index (χ0v) is 13.9. The second kappa shape index (κ2) is 6.83. The van der Waals surface area contributed by atoms with Crippen molar-refractivity contribution in [3.63, 3.8) is 0 Å². The van der Waals surface area contributed by atoms with Crippen molar-refractivity contribution < 1.29 is 9.15 Å². The van der Waals surface area contributed by atoms with Crippen LogP contribution in [-0.2, 0) is 0 Å². The predicted octanol–water partition coefficient (Wildman–Crippen LogP) is 3.73. The quantitative estimate of drug-likeness (QED) is 0.497. The van der Waals surface area contributed by atoms with Crippen molar-refractivity contribution in [2.75, 3.05) is 12.4 Å². The number of nitrogens with one attached hydrogen (secondary N) is 2. The van der Waals surface area contributed by atoms with E-state index in [4.69, 9.17) is 21.4 Å². The average molecular weight is 329 g/mol. The Labute approximate surface area is 140 Å². The molecule has 120 valence electrons. The molecule has 1 aliphatic carbocycles. The number of thiocarbonyl (C=S) groups is 1. The molecule has 6 heteroatoms. The van der Waals surface area contributed by atoms with Gasteiger partial charge < -0.3 is 14.5 Å². The molecule has 1 saturated carbocycles. The summed E-state index contributed by atoms with van der Waals surface area (Å²) in [6, 6.07) is 11.5. The third-order valence-corrected chi connectivity index (χ3v) is 4.03. The topological polar surface area (TPSA) is 58.8 Å². The van der Waals surface area contributed by atoms with Crippen LogP contribution in [0.2, 0.25) is 0 Å². The summed E-state index contributed by atoms with van der Waals surface area (Å²) in [5.74, 6) is 3.76. The zero-order valence-electron chi connectivity index (χ0n) is 13.1. The lowest BCUT2D eigenvalue weighted by Gasteiger charge is -2.10. The van der Waals surface area contributed by atoms with Crippen LogP contribution < -0.4 is 15.5 Å². The highest BCUT2D eigenvalue weighted by Crippen LogP contribution is 2.47. The average Bonchev–Trinajstić information content (AvgIpc) is 3.09. The minimum absolute atomic E-state index is 0.383. The van der Waals surface area contributed by atoms with E-state index < -0.39 is 0 Å². The molecule has 0 aliphatic heterocycles. The number of rotatable bonds is 5. The molecule has 1 aromatic carbocycles. The second-order valence-electron chi connectivity index (χ2n) is 5.58. The van der Waals surface area contributed by atoms with E-state index >= 15 is 0 Å². The Hall–Kier alpha value is -2.34. The Morgan fingerprint density at radius 3 is 2.87 bits per heavy atom. The van der Waals surface area contributed by atoms with E-state index in [0.29, 0.717) is 16.8 Å². The SMILES string of the molecule is COc1ccccc1NC(=S)N/N=C\c1ccc([C@H]2C[C@@H]2C)o1. The van der Waals surface area contributed by atoms with E-state index in [0.717, 1.165) is 23.1 Å². The first kappa shape index (κ1) is 15.6. The van der Waals surface area contributed by atoms with Crippen molar-refractivity contribution in [2.24, 2.45) is 11.0 Å². The van der Waals surface area contributed by atoms with Crippen LogP contribution in [0, 0.1) is 5.92 Å². The Morgan fingerprint density at radius 2 is 2.13 bits per heavy atom. The smallest absolute Gasteiger partial charge is 0.191 e. The number of nitrogens with zero attached hydrogens (tertiary/aromatic N) is 1. The molecule has 2 aromatic rings. The molecule has 1 fully saturated rings. The third-order valence-electron chi connectivity index (χ3n) is 3.84. The molecule has 5 nitrogen and oxygen atoms in total. The standard InChI is InChI=1S/C17H19N3O2S/c1-11-9-13(11)15-8-7-12(22-15)10-18-20-17(23)19-14-5-3-4-6-16(14)21-2/h3-8,10-11,13H,9H2,1-2H3,(H2,19,20,23)/b18-10-/t11-,13-/m0/s1. The van der Waals surface area contributed by atoms with Gasteiger partial charge in [-0.15, -0.1) is 0 Å². The predicted molar refractivity (Wildman–Crippen MR) is 95.2 cm³/mol. The number of hydrazone groups is 1. The second-order valence-corrected chi connectivity index (χ2v) is 5.99. The Morgan fingerprint density at radius 1 is 1.35 bits per heavy atom. The van der Waals surface area contributed by atoms with E-state index in [1.165, 1.54) is 6.42 Å². The zero-order chi connectivity index (χ0) is 16.2. The number of anilines is 1. The molecule has 1 aliphatic rings. The Kier molecular flexibility index (Phi) is 4.62. The summed E-state index contributed by atoms with van der Waals surface area (Å²) in [5, 5.41) is 7.51. The van der Waals surface area contributed by atoms with Crippen LogP contribution in [0.1, 0.15) is 30.8 Å². The van der Waals surface area contributed by atoms with Gasteiger partial charge in [-0.3, -0.25) is 5.43 Å². The molecule has 0 saturated heterocycles. The summed E-state index contributed by atoms with van der Waals surface area (Å²) >= 11 is 5.21. The highest BCUT2D eigenvalue weighted by molar-refractivity contribution is 7.80. The van der Waals surface area contributed by atoms with Crippen molar-refractivity contribution in [3.8, 4) is 5.75 Å². The van der Waals surface area contributed by atoms with Crippen LogP contribution in [0.3, 0.4) is 0 Å². The van der Waals surface area contributed by atoms with E-state index in [1.54, 1.807) is 13.3 Å². The van der Waals surface area contributed by atoms with E-state index in [-0.39, 0.29) is 0 Å². The Balaban J connectivity index is 1.53. The first-order chi connectivity index (χ1) is 11.2. The van der Waals surface area contributed by atoms with E-state index in [2.05, 4.69) is 22.8 Å².